The molecule has 0 fully saturated rings. The van der Waals surface area contributed by atoms with E-state index in [9.17, 15) is 4.79 Å². The van der Waals surface area contributed by atoms with Gasteiger partial charge in [0.1, 0.15) is 0 Å². The molecule has 102 valence electrons. The second-order valence-corrected chi connectivity index (χ2v) is 4.71. The van der Waals surface area contributed by atoms with Crippen LogP contribution in [0, 0.1) is 0 Å². The van der Waals surface area contributed by atoms with Crippen LogP contribution in [0.3, 0.4) is 0 Å². The molecule has 3 rings (SSSR count). The first-order chi connectivity index (χ1) is 9.63. The van der Waals surface area contributed by atoms with Gasteiger partial charge in [-0.15, -0.1) is 0 Å². The molecule has 4 N–H and O–H groups in total. The molecule has 20 heavy (non-hydrogen) atoms. The van der Waals surface area contributed by atoms with Gasteiger partial charge in [-0.1, -0.05) is 0 Å². The number of amides is 1. The fraction of sp³-hybridized carbons (Fsp3) is 0.143. The highest BCUT2D eigenvalue weighted by atomic mass is 16.1. The third-order valence-electron chi connectivity index (χ3n) is 3.16. The average Bonchev–Trinajstić information content (AvgIpc) is 3.02. The summed E-state index contributed by atoms with van der Waals surface area (Å²) in [5.41, 5.74) is 8.85. The van der Waals surface area contributed by atoms with E-state index in [1.165, 1.54) is 0 Å². The number of nitrogens with zero attached hydrogens (tertiary/aromatic N) is 2. The molecular formula is C14H15N5O. The fourth-order valence-corrected chi connectivity index (χ4v) is 2.17. The highest BCUT2D eigenvalue weighted by Crippen LogP contribution is 2.20. The Kier molecular flexibility index (Phi) is 2.90. The number of aromatic amines is 1. The Morgan fingerprint density at radius 3 is 3.10 bits per heavy atom. The number of fused-ring (bicyclic) bond motifs is 1. The summed E-state index contributed by atoms with van der Waals surface area (Å²) in [6.07, 6.45) is 5.30. The van der Waals surface area contributed by atoms with E-state index < -0.39 is 0 Å². The summed E-state index contributed by atoms with van der Waals surface area (Å²) in [7, 11) is 1.84. The van der Waals surface area contributed by atoms with Crippen molar-refractivity contribution in [2.45, 2.75) is 6.54 Å². The summed E-state index contributed by atoms with van der Waals surface area (Å²) >= 11 is 0. The van der Waals surface area contributed by atoms with Crippen LogP contribution in [0.15, 0.2) is 36.8 Å². The van der Waals surface area contributed by atoms with Gasteiger partial charge in [0, 0.05) is 48.1 Å². The number of carbonyl (C=O) groups is 1. The Balaban J connectivity index is 1.80. The number of aromatic nitrogens is 3. The number of hydrogen-bond acceptors (Lipinski definition) is 3. The van der Waals surface area contributed by atoms with E-state index in [0.29, 0.717) is 17.8 Å². The Bertz CT molecular complexity index is 771. The van der Waals surface area contributed by atoms with Crippen molar-refractivity contribution in [1.82, 2.24) is 20.1 Å². The molecule has 3 aromatic rings. The summed E-state index contributed by atoms with van der Waals surface area (Å²) in [5, 5.41) is 7.76. The molecule has 0 bridgehead atoms. The lowest BCUT2D eigenvalue weighted by molar-refractivity contribution is 0.0952. The smallest absolute Gasteiger partial charge is 0.253 e. The van der Waals surface area contributed by atoms with Gasteiger partial charge in [-0.2, -0.15) is 5.10 Å². The Morgan fingerprint density at radius 2 is 2.35 bits per heavy atom. The lowest BCUT2D eigenvalue weighted by Crippen LogP contribution is -2.22. The number of nitrogens with two attached hydrogens (primary N) is 1. The van der Waals surface area contributed by atoms with Crippen LogP contribution >= 0.6 is 0 Å². The van der Waals surface area contributed by atoms with Gasteiger partial charge in [0.2, 0.25) is 0 Å². The van der Waals surface area contributed by atoms with Crippen molar-refractivity contribution >= 4 is 22.5 Å². The molecule has 6 nitrogen and oxygen atoms in total. The first kappa shape index (κ1) is 12.3. The van der Waals surface area contributed by atoms with Crippen molar-refractivity contribution in [1.29, 1.82) is 0 Å². The standard InChI is InChI=1S/C14H15N5O/c1-19-8-9(6-18-19)5-17-14(20)12-7-16-13-3-2-10(15)4-11(12)13/h2-4,6-8,16H,5,15H2,1H3,(H,17,20). The van der Waals surface area contributed by atoms with Crippen LogP contribution in [0.5, 0.6) is 0 Å². The molecule has 1 aromatic carbocycles. The van der Waals surface area contributed by atoms with Crippen LogP contribution in [0.4, 0.5) is 5.69 Å². The number of hydrogen-bond donors (Lipinski definition) is 3. The summed E-state index contributed by atoms with van der Waals surface area (Å²) < 4.78 is 1.70. The van der Waals surface area contributed by atoms with Crippen molar-refractivity contribution in [2.75, 3.05) is 5.73 Å². The predicted octanol–water partition coefficient (Wildman–Crippen LogP) is 1.41. The van der Waals surface area contributed by atoms with Crippen molar-refractivity contribution in [3.8, 4) is 0 Å². The van der Waals surface area contributed by atoms with Gasteiger partial charge in [0.05, 0.1) is 11.8 Å². The van der Waals surface area contributed by atoms with Gasteiger partial charge >= 0.3 is 0 Å². The van der Waals surface area contributed by atoms with Crippen LogP contribution in [0.2, 0.25) is 0 Å². The molecule has 0 aliphatic heterocycles. The number of H-pyrrole nitrogens is 1. The zero-order chi connectivity index (χ0) is 14.1. The molecule has 6 heteroatoms. The number of benzene rings is 1. The number of rotatable bonds is 3. The number of anilines is 1. The lowest BCUT2D eigenvalue weighted by Gasteiger charge is -2.02. The number of carbonyl (C=O) groups excluding carboxylic acids is 1. The highest BCUT2D eigenvalue weighted by molar-refractivity contribution is 6.07. The van der Waals surface area contributed by atoms with E-state index in [1.54, 1.807) is 29.2 Å². The summed E-state index contributed by atoms with van der Waals surface area (Å²) in [6, 6.07) is 5.46. The minimum atomic E-state index is -0.134. The van der Waals surface area contributed by atoms with E-state index in [-0.39, 0.29) is 5.91 Å². The molecule has 0 saturated heterocycles. The van der Waals surface area contributed by atoms with Crippen LogP contribution in [0.25, 0.3) is 10.9 Å². The van der Waals surface area contributed by atoms with Crippen LogP contribution in [-0.4, -0.2) is 20.7 Å². The van der Waals surface area contributed by atoms with E-state index >= 15 is 0 Å². The number of aryl methyl sites for hydroxylation is 1. The lowest BCUT2D eigenvalue weighted by atomic mass is 10.1. The maximum Gasteiger partial charge on any atom is 0.253 e. The Morgan fingerprint density at radius 1 is 1.50 bits per heavy atom. The third-order valence-corrected chi connectivity index (χ3v) is 3.16. The Labute approximate surface area is 115 Å². The normalized spacial score (nSPS) is 10.8. The maximum absolute atomic E-state index is 12.2. The quantitative estimate of drug-likeness (QED) is 0.628. The number of nitrogen functional groups attached to an aromatic ring is 1. The molecule has 0 saturated carbocycles. The minimum Gasteiger partial charge on any atom is -0.399 e. The van der Waals surface area contributed by atoms with Gasteiger partial charge in [-0.25, -0.2) is 0 Å². The van der Waals surface area contributed by atoms with Crippen molar-refractivity contribution in [3.05, 3.63) is 47.9 Å². The van der Waals surface area contributed by atoms with E-state index in [2.05, 4.69) is 15.4 Å². The molecule has 2 aromatic heterocycles. The van der Waals surface area contributed by atoms with E-state index in [0.717, 1.165) is 16.5 Å². The summed E-state index contributed by atoms with van der Waals surface area (Å²) in [5.74, 6) is -0.134. The van der Waals surface area contributed by atoms with Gasteiger partial charge < -0.3 is 16.0 Å². The van der Waals surface area contributed by atoms with Crippen LogP contribution in [-0.2, 0) is 13.6 Å². The molecule has 1 amide bonds. The van der Waals surface area contributed by atoms with Crippen molar-refractivity contribution < 1.29 is 4.79 Å². The fourth-order valence-electron chi connectivity index (χ4n) is 2.17. The van der Waals surface area contributed by atoms with Gasteiger partial charge in [-0.05, 0) is 18.2 Å². The molecule has 0 atom stereocenters. The monoisotopic (exact) mass is 269 g/mol. The van der Waals surface area contributed by atoms with Crippen LogP contribution < -0.4 is 11.1 Å². The number of nitrogens with one attached hydrogen (secondary N) is 2. The molecule has 0 spiro atoms. The molecule has 2 heterocycles. The summed E-state index contributed by atoms with van der Waals surface area (Å²) in [4.78, 5) is 15.3. The highest BCUT2D eigenvalue weighted by Gasteiger charge is 2.12. The zero-order valence-electron chi connectivity index (χ0n) is 11.1. The van der Waals surface area contributed by atoms with E-state index in [1.807, 2.05) is 19.3 Å². The molecule has 0 aliphatic carbocycles. The first-order valence-electron chi connectivity index (χ1n) is 6.26. The van der Waals surface area contributed by atoms with Gasteiger partial charge in [-0.3, -0.25) is 9.48 Å². The predicted molar refractivity (Wildman–Crippen MR) is 77.1 cm³/mol. The second-order valence-electron chi connectivity index (χ2n) is 4.71. The Hall–Kier alpha value is -2.76. The van der Waals surface area contributed by atoms with E-state index in [4.69, 9.17) is 5.73 Å². The van der Waals surface area contributed by atoms with Crippen LogP contribution in [0.1, 0.15) is 15.9 Å². The third kappa shape index (κ3) is 2.23. The summed E-state index contributed by atoms with van der Waals surface area (Å²) in [6.45, 7) is 0.446. The SMILES string of the molecule is Cn1cc(CNC(=O)c2c[nH]c3ccc(N)cc23)cn1. The topological polar surface area (TPSA) is 88.7 Å². The zero-order valence-corrected chi connectivity index (χ0v) is 11.1. The van der Waals surface area contributed by atoms with Gasteiger partial charge in [0.15, 0.2) is 0 Å². The molecular weight excluding hydrogens is 254 g/mol. The maximum atomic E-state index is 12.2. The second kappa shape index (κ2) is 4.73. The average molecular weight is 269 g/mol. The molecule has 0 aliphatic rings. The largest absolute Gasteiger partial charge is 0.399 e. The van der Waals surface area contributed by atoms with Crippen molar-refractivity contribution in [3.63, 3.8) is 0 Å². The molecule has 0 radical (unpaired) electrons. The first-order valence-corrected chi connectivity index (χ1v) is 6.26. The van der Waals surface area contributed by atoms with Crippen molar-refractivity contribution in [2.24, 2.45) is 7.05 Å². The minimum absolute atomic E-state index is 0.134. The van der Waals surface area contributed by atoms with Gasteiger partial charge in [0.25, 0.3) is 5.91 Å². The molecule has 0 unspecified atom stereocenters.